The summed E-state index contributed by atoms with van der Waals surface area (Å²) in [6.07, 6.45) is 3.64. The van der Waals surface area contributed by atoms with Gasteiger partial charge in [-0.25, -0.2) is 0 Å². The number of ether oxygens (including phenoxy) is 1. The second-order valence-corrected chi connectivity index (χ2v) is 6.93. The Labute approximate surface area is 157 Å². The van der Waals surface area contributed by atoms with Crippen molar-refractivity contribution in [1.29, 1.82) is 0 Å². The fraction of sp³-hybridized carbons (Fsp3) is 0.526. The predicted molar refractivity (Wildman–Crippen MR) is 96.2 cm³/mol. The third-order valence-electron chi connectivity index (χ3n) is 4.82. The van der Waals surface area contributed by atoms with E-state index in [0.29, 0.717) is 0 Å². The van der Waals surface area contributed by atoms with Crippen LogP contribution in [0.15, 0.2) is 12.1 Å². The first-order valence-electron chi connectivity index (χ1n) is 9.26. The molecule has 3 rings (SSSR count). The van der Waals surface area contributed by atoms with Crippen molar-refractivity contribution in [2.45, 2.75) is 51.0 Å². The molecule has 1 saturated heterocycles. The summed E-state index contributed by atoms with van der Waals surface area (Å²) in [4.78, 5) is 37.5. The van der Waals surface area contributed by atoms with E-state index in [4.69, 9.17) is 4.74 Å². The van der Waals surface area contributed by atoms with E-state index < -0.39 is 6.10 Å². The van der Waals surface area contributed by atoms with Gasteiger partial charge in [0, 0.05) is 24.5 Å². The van der Waals surface area contributed by atoms with Crippen molar-refractivity contribution in [3.8, 4) is 11.5 Å². The molecule has 0 spiro atoms. The van der Waals surface area contributed by atoms with E-state index in [-0.39, 0.29) is 66.5 Å². The minimum atomic E-state index is -1.24. The molecule has 3 N–H and O–H groups in total. The van der Waals surface area contributed by atoms with Gasteiger partial charge < -0.3 is 20.3 Å². The summed E-state index contributed by atoms with van der Waals surface area (Å²) in [5.74, 6) is -0.892. The first kappa shape index (κ1) is 19.2. The number of carbonyl (C=O) groups is 3. The lowest BCUT2D eigenvalue weighted by molar-refractivity contribution is -0.147. The molecule has 0 saturated carbocycles. The van der Waals surface area contributed by atoms with Gasteiger partial charge in [-0.05, 0) is 18.9 Å². The van der Waals surface area contributed by atoms with Gasteiger partial charge in [0.2, 0.25) is 11.8 Å². The van der Waals surface area contributed by atoms with E-state index in [1.165, 1.54) is 12.1 Å². The number of hydrogen-bond donors (Lipinski definition) is 3. The zero-order chi connectivity index (χ0) is 19.4. The molecular weight excluding hydrogens is 352 g/mol. The number of nitrogens with zero attached hydrogens (tertiary/aromatic N) is 1. The Kier molecular flexibility index (Phi) is 5.95. The highest BCUT2D eigenvalue weighted by Crippen LogP contribution is 2.39. The summed E-state index contributed by atoms with van der Waals surface area (Å²) in [5.41, 5.74) is 0.474. The Morgan fingerprint density at radius 1 is 1.04 bits per heavy atom. The SMILES string of the molecule is O=C1COc2c(cc(O)cc2[C@@H](O)CN2C(=O)CCCCCCCC2=O)N1. The van der Waals surface area contributed by atoms with Crippen LogP contribution in [-0.2, 0) is 14.4 Å². The maximum atomic E-state index is 12.5. The van der Waals surface area contributed by atoms with Gasteiger partial charge in [0.25, 0.3) is 5.91 Å². The van der Waals surface area contributed by atoms with E-state index in [0.717, 1.165) is 37.0 Å². The number of β-amino-alcohol motifs (C(OH)–C–C–N with tert-alkyl or cyclic N) is 1. The van der Waals surface area contributed by atoms with Crippen molar-refractivity contribution in [2.75, 3.05) is 18.5 Å². The number of aliphatic hydroxyl groups excluding tert-OH is 1. The van der Waals surface area contributed by atoms with Crippen molar-refractivity contribution in [3.63, 3.8) is 0 Å². The van der Waals surface area contributed by atoms with Crippen molar-refractivity contribution in [1.82, 2.24) is 4.90 Å². The zero-order valence-corrected chi connectivity index (χ0v) is 15.1. The van der Waals surface area contributed by atoms with Crippen molar-refractivity contribution in [2.24, 2.45) is 0 Å². The van der Waals surface area contributed by atoms with Gasteiger partial charge in [-0.1, -0.05) is 19.3 Å². The molecule has 3 amide bonds. The quantitative estimate of drug-likeness (QED) is 0.694. The highest BCUT2D eigenvalue weighted by Gasteiger charge is 2.29. The maximum absolute atomic E-state index is 12.5. The van der Waals surface area contributed by atoms with E-state index in [1.54, 1.807) is 0 Å². The Morgan fingerprint density at radius 3 is 2.33 bits per heavy atom. The number of anilines is 1. The maximum Gasteiger partial charge on any atom is 0.262 e. The molecule has 2 heterocycles. The van der Waals surface area contributed by atoms with Gasteiger partial charge in [0.15, 0.2) is 6.61 Å². The molecule has 27 heavy (non-hydrogen) atoms. The number of phenols is 1. The first-order chi connectivity index (χ1) is 13.0. The molecular formula is C19H24N2O6. The largest absolute Gasteiger partial charge is 0.508 e. The normalized spacial score (nSPS) is 19.7. The lowest BCUT2D eigenvalue weighted by atomic mass is 10.0. The number of phenolic OH excluding ortho intramolecular Hbond substituents is 1. The number of rotatable bonds is 3. The molecule has 0 bridgehead atoms. The van der Waals surface area contributed by atoms with Gasteiger partial charge in [-0.3, -0.25) is 19.3 Å². The van der Waals surface area contributed by atoms with Crippen LogP contribution < -0.4 is 10.1 Å². The van der Waals surface area contributed by atoms with Crippen LogP contribution in [0.5, 0.6) is 11.5 Å². The molecule has 0 radical (unpaired) electrons. The fourth-order valence-corrected chi connectivity index (χ4v) is 3.43. The molecule has 1 aromatic carbocycles. The van der Waals surface area contributed by atoms with Gasteiger partial charge in [-0.2, -0.15) is 0 Å². The summed E-state index contributed by atoms with van der Waals surface area (Å²) < 4.78 is 5.40. The molecule has 2 aliphatic rings. The average molecular weight is 376 g/mol. The minimum absolute atomic E-state index is 0.160. The number of aromatic hydroxyl groups is 1. The van der Waals surface area contributed by atoms with Gasteiger partial charge in [-0.15, -0.1) is 0 Å². The van der Waals surface area contributed by atoms with Gasteiger partial charge in [0.05, 0.1) is 12.2 Å². The lowest BCUT2D eigenvalue weighted by Crippen LogP contribution is -2.40. The van der Waals surface area contributed by atoms with E-state index >= 15 is 0 Å². The lowest BCUT2D eigenvalue weighted by Gasteiger charge is -2.27. The van der Waals surface area contributed by atoms with Crippen LogP contribution in [0.2, 0.25) is 0 Å². The van der Waals surface area contributed by atoms with Crippen molar-refractivity contribution < 1.29 is 29.3 Å². The topological polar surface area (TPSA) is 116 Å². The van der Waals surface area contributed by atoms with Crippen LogP contribution >= 0.6 is 0 Å². The molecule has 8 nitrogen and oxygen atoms in total. The smallest absolute Gasteiger partial charge is 0.262 e. The number of nitrogens with one attached hydrogen (secondary N) is 1. The number of amides is 3. The Morgan fingerprint density at radius 2 is 1.67 bits per heavy atom. The number of carbonyl (C=O) groups excluding carboxylic acids is 3. The van der Waals surface area contributed by atoms with Crippen LogP contribution in [0, 0.1) is 0 Å². The van der Waals surface area contributed by atoms with Crippen molar-refractivity contribution >= 4 is 23.4 Å². The number of imide groups is 1. The van der Waals surface area contributed by atoms with Crippen LogP contribution in [0.4, 0.5) is 5.69 Å². The van der Waals surface area contributed by atoms with E-state index in [1.807, 2.05) is 0 Å². The Balaban J connectivity index is 1.82. The molecule has 1 atom stereocenters. The van der Waals surface area contributed by atoms with Gasteiger partial charge >= 0.3 is 0 Å². The zero-order valence-electron chi connectivity index (χ0n) is 15.1. The number of aliphatic hydroxyl groups is 1. The van der Waals surface area contributed by atoms with Crippen LogP contribution in [-0.4, -0.2) is 46.0 Å². The summed E-state index contributed by atoms with van der Waals surface area (Å²) >= 11 is 0. The molecule has 0 aliphatic carbocycles. The molecule has 0 aromatic heterocycles. The Hall–Kier alpha value is -2.61. The molecule has 8 heteroatoms. The Bertz CT molecular complexity index is 728. The number of benzene rings is 1. The van der Waals surface area contributed by atoms with E-state index in [2.05, 4.69) is 5.32 Å². The highest BCUT2D eigenvalue weighted by molar-refractivity contribution is 5.96. The standard InChI is InChI=1S/C19H24N2O6/c22-12-8-13(19-14(9-12)20-16(24)11-27-19)15(23)10-21-17(25)6-4-2-1-3-5-7-18(21)26/h8-9,15,22-23H,1-7,10-11H2,(H,20,24)/t15-/m0/s1. The van der Waals surface area contributed by atoms with Crippen LogP contribution in [0.25, 0.3) is 0 Å². The first-order valence-corrected chi connectivity index (χ1v) is 9.26. The van der Waals surface area contributed by atoms with Gasteiger partial charge in [0.1, 0.15) is 17.6 Å². The highest BCUT2D eigenvalue weighted by atomic mass is 16.5. The van der Waals surface area contributed by atoms with E-state index in [9.17, 15) is 24.6 Å². The molecule has 2 aliphatic heterocycles. The number of fused-ring (bicyclic) bond motifs is 1. The monoisotopic (exact) mass is 376 g/mol. The second-order valence-electron chi connectivity index (χ2n) is 6.93. The molecule has 146 valence electrons. The summed E-state index contributed by atoms with van der Waals surface area (Å²) in [6.45, 7) is -0.427. The molecule has 0 unspecified atom stereocenters. The predicted octanol–water partition coefficient (Wildman–Crippen LogP) is 1.86. The minimum Gasteiger partial charge on any atom is -0.508 e. The molecule has 1 fully saturated rings. The summed E-state index contributed by atoms with van der Waals surface area (Å²) in [6, 6.07) is 2.64. The second kappa shape index (κ2) is 8.39. The van der Waals surface area contributed by atoms with Crippen LogP contribution in [0.3, 0.4) is 0 Å². The molecule has 1 aromatic rings. The van der Waals surface area contributed by atoms with Crippen molar-refractivity contribution in [3.05, 3.63) is 17.7 Å². The average Bonchev–Trinajstić information content (AvgIpc) is 2.63. The number of hydrogen-bond acceptors (Lipinski definition) is 6. The third kappa shape index (κ3) is 4.57. The summed E-state index contributed by atoms with van der Waals surface area (Å²) in [7, 11) is 0. The third-order valence-corrected chi connectivity index (χ3v) is 4.82. The fourth-order valence-electron chi connectivity index (χ4n) is 3.43. The van der Waals surface area contributed by atoms with Crippen LogP contribution in [0.1, 0.15) is 56.6 Å². The summed E-state index contributed by atoms with van der Waals surface area (Å²) in [5, 5.41) is 23.2.